The minimum atomic E-state index is -3.79. The number of para-hydroxylation sites is 1. The fourth-order valence-corrected chi connectivity index (χ4v) is 4.54. The zero-order valence-electron chi connectivity index (χ0n) is 17.9. The lowest BCUT2D eigenvalue weighted by Gasteiger charge is -2.19. The average molecular weight is 495 g/mol. The number of nitrogens with zero attached hydrogens (tertiary/aromatic N) is 3. The highest BCUT2D eigenvalue weighted by atomic mass is 35.5. The predicted molar refractivity (Wildman–Crippen MR) is 131 cm³/mol. The Labute approximate surface area is 201 Å². The molecule has 1 amide bonds. The molecule has 1 N–H and O–H groups in total. The summed E-state index contributed by atoms with van der Waals surface area (Å²) >= 11 is 6.01. The van der Waals surface area contributed by atoms with E-state index in [2.05, 4.69) is 10.4 Å². The van der Waals surface area contributed by atoms with Crippen LogP contribution < -0.4 is 15.1 Å². The van der Waals surface area contributed by atoms with Crippen LogP contribution in [0.5, 0.6) is 0 Å². The molecule has 172 valence electrons. The number of benzene rings is 3. The van der Waals surface area contributed by atoms with Gasteiger partial charge in [-0.15, -0.1) is 0 Å². The molecule has 4 aromatic rings. The summed E-state index contributed by atoms with van der Waals surface area (Å²) in [7, 11) is -2.33. The minimum absolute atomic E-state index is 0.0537. The lowest BCUT2D eigenvalue weighted by molar-refractivity contribution is 0.101. The summed E-state index contributed by atoms with van der Waals surface area (Å²) in [5.74, 6) is -0.724. The van der Waals surface area contributed by atoms with Crippen molar-refractivity contribution in [1.29, 1.82) is 0 Å². The molecule has 0 bridgehead atoms. The number of hydrogen-bond donors (Lipinski definition) is 1. The van der Waals surface area contributed by atoms with Gasteiger partial charge in [0, 0.05) is 30.0 Å². The maximum absolute atomic E-state index is 12.9. The Hall–Kier alpha value is -3.95. The first kappa shape index (κ1) is 23.2. The second-order valence-corrected chi connectivity index (χ2v) is 9.65. The van der Waals surface area contributed by atoms with E-state index in [1.165, 1.54) is 52.6 Å². The van der Waals surface area contributed by atoms with Gasteiger partial charge in [-0.2, -0.15) is 5.10 Å². The highest BCUT2D eigenvalue weighted by Crippen LogP contribution is 2.23. The Bertz CT molecular complexity index is 1500. The van der Waals surface area contributed by atoms with E-state index in [-0.39, 0.29) is 10.6 Å². The van der Waals surface area contributed by atoms with Gasteiger partial charge in [0.15, 0.2) is 5.69 Å². The number of anilines is 2. The van der Waals surface area contributed by atoms with E-state index in [0.717, 1.165) is 0 Å². The molecule has 0 atom stereocenters. The summed E-state index contributed by atoms with van der Waals surface area (Å²) in [6.45, 7) is 0. The van der Waals surface area contributed by atoms with Crippen LogP contribution in [-0.2, 0) is 10.0 Å². The van der Waals surface area contributed by atoms with Crippen molar-refractivity contribution in [3.8, 4) is 5.69 Å². The molecule has 0 aliphatic carbocycles. The van der Waals surface area contributed by atoms with Gasteiger partial charge in [0.05, 0.1) is 16.3 Å². The molecular formula is C24H19ClN4O4S. The molecule has 0 aliphatic rings. The van der Waals surface area contributed by atoms with E-state index in [9.17, 15) is 18.0 Å². The first-order chi connectivity index (χ1) is 16.3. The summed E-state index contributed by atoms with van der Waals surface area (Å²) in [6.07, 6.45) is 1.44. The van der Waals surface area contributed by atoms with E-state index in [0.29, 0.717) is 22.1 Å². The van der Waals surface area contributed by atoms with Gasteiger partial charge in [0.1, 0.15) is 0 Å². The predicted octanol–water partition coefficient (Wildman–Crippen LogP) is 3.96. The molecule has 0 unspecified atom stereocenters. The fourth-order valence-electron chi connectivity index (χ4n) is 3.16. The van der Waals surface area contributed by atoms with E-state index in [4.69, 9.17) is 11.6 Å². The zero-order valence-corrected chi connectivity index (χ0v) is 19.5. The van der Waals surface area contributed by atoms with Crippen molar-refractivity contribution >= 4 is 38.9 Å². The van der Waals surface area contributed by atoms with Crippen molar-refractivity contribution in [3.63, 3.8) is 0 Å². The van der Waals surface area contributed by atoms with Gasteiger partial charge in [0.25, 0.3) is 15.9 Å². The maximum atomic E-state index is 12.9. The van der Waals surface area contributed by atoms with E-state index in [1.807, 2.05) is 0 Å². The smallest absolute Gasteiger partial charge is 0.280 e. The monoisotopic (exact) mass is 494 g/mol. The Morgan fingerprint density at radius 1 is 0.971 bits per heavy atom. The Morgan fingerprint density at radius 3 is 2.35 bits per heavy atom. The molecule has 1 heterocycles. The molecule has 34 heavy (non-hydrogen) atoms. The number of carbonyl (C=O) groups excluding carboxylic acids is 1. The SMILES string of the molecule is CN(c1ccccc1)S(=O)(=O)c1ccc(NC(=O)c2nn(-c3cccc(Cl)c3)ccc2=O)cc1. The summed E-state index contributed by atoms with van der Waals surface area (Å²) in [6, 6.07) is 22.4. The van der Waals surface area contributed by atoms with Crippen molar-refractivity contribution in [3.05, 3.63) is 112 Å². The molecule has 10 heteroatoms. The summed E-state index contributed by atoms with van der Waals surface area (Å²) in [5.41, 5.74) is 0.540. The third-order valence-corrected chi connectivity index (χ3v) is 7.02. The van der Waals surface area contributed by atoms with E-state index in [1.54, 1.807) is 54.6 Å². The van der Waals surface area contributed by atoms with Crippen molar-refractivity contribution in [2.45, 2.75) is 4.90 Å². The van der Waals surface area contributed by atoms with Crippen molar-refractivity contribution in [2.24, 2.45) is 0 Å². The van der Waals surface area contributed by atoms with Gasteiger partial charge < -0.3 is 5.32 Å². The Kier molecular flexibility index (Phi) is 6.49. The van der Waals surface area contributed by atoms with Crippen LogP contribution in [0.25, 0.3) is 5.69 Å². The zero-order chi connectivity index (χ0) is 24.3. The fraction of sp³-hybridized carbons (Fsp3) is 0.0417. The van der Waals surface area contributed by atoms with E-state index >= 15 is 0 Å². The molecule has 0 spiro atoms. The van der Waals surface area contributed by atoms with Crippen LogP contribution in [0.1, 0.15) is 10.5 Å². The van der Waals surface area contributed by atoms with Crippen molar-refractivity contribution in [1.82, 2.24) is 9.78 Å². The summed E-state index contributed by atoms with van der Waals surface area (Å²) < 4.78 is 28.4. The number of carbonyl (C=O) groups is 1. The molecule has 0 fully saturated rings. The van der Waals surface area contributed by atoms with Crippen LogP contribution in [-0.4, -0.2) is 31.2 Å². The van der Waals surface area contributed by atoms with Gasteiger partial charge in [-0.3, -0.25) is 13.9 Å². The lowest BCUT2D eigenvalue weighted by atomic mass is 10.3. The van der Waals surface area contributed by atoms with Crippen molar-refractivity contribution in [2.75, 3.05) is 16.7 Å². The van der Waals surface area contributed by atoms with Gasteiger partial charge in [-0.1, -0.05) is 35.9 Å². The topological polar surface area (TPSA) is 101 Å². The number of amides is 1. The standard InChI is InChI=1S/C24H19ClN4O4S/c1-28(19-7-3-2-4-8-19)34(32,33)21-12-10-18(11-13-21)26-24(31)23-22(30)14-15-29(27-23)20-9-5-6-17(25)16-20/h2-16H,1H3,(H,26,31). The lowest BCUT2D eigenvalue weighted by Crippen LogP contribution is -2.27. The molecule has 0 saturated carbocycles. The number of hydrogen-bond acceptors (Lipinski definition) is 5. The Balaban J connectivity index is 1.54. The van der Waals surface area contributed by atoms with Crippen LogP contribution in [0.3, 0.4) is 0 Å². The molecule has 0 radical (unpaired) electrons. The normalized spacial score (nSPS) is 11.1. The van der Waals surface area contributed by atoms with Gasteiger partial charge in [0.2, 0.25) is 5.43 Å². The van der Waals surface area contributed by atoms with Crippen LogP contribution in [0.4, 0.5) is 11.4 Å². The van der Waals surface area contributed by atoms with E-state index < -0.39 is 21.4 Å². The first-order valence-corrected chi connectivity index (χ1v) is 11.9. The number of halogens is 1. The highest BCUT2D eigenvalue weighted by molar-refractivity contribution is 7.92. The van der Waals surface area contributed by atoms with Crippen LogP contribution in [0, 0.1) is 0 Å². The number of nitrogens with one attached hydrogen (secondary N) is 1. The molecule has 1 aromatic heterocycles. The molecule has 3 aromatic carbocycles. The van der Waals surface area contributed by atoms with Crippen molar-refractivity contribution < 1.29 is 13.2 Å². The Morgan fingerprint density at radius 2 is 1.68 bits per heavy atom. The van der Waals surface area contributed by atoms with Gasteiger partial charge in [-0.25, -0.2) is 13.1 Å². The number of aromatic nitrogens is 2. The minimum Gasteiger partial charge on any atom is -0.320 e. The average Bonchev–Trinajstić information content (AvgIpc) is 2.84. The molecule has 0 saturated heterocycles. The highest BCUT2D eigenvalue weighted by Gasteiger charge is 2.21. The second-order valence-electron chi connectivity index (χ2n) is 7.24. The second kappa shape index (κ2) is 9.50. The molecule has 0 aliphatic heterocycles. The molecule has 8 nitrogen and oxygen atoms in total. The van der Waals surface area contributed by atoms with Crippen LogP contribution >= 0.6 is 11.6 Å². The molecule has 4 rings (SSSR count). The van der Waals surface area contributed by atoms with Gasteiger partial charge in [-0.05, 0) is 54.6 Å². The van der Waals surface area contributed by atoms with Crippen LogP contribution in [0.2, 0.25) is 5.02 Å². The third-order valence-electron chi connectivity index (χ3n) is 4.99. The largest absolute Gasteiger partial charge is 0.320 e. The third kappa shape index (κ3) is 4.85. The summed E-state index contributed by atoms with van der Waals surface area (Å²) in [5, 5.41) is 7.19. The van der Waals surface area contributed by atoms with Gasteiger partial charge >= 0.3 is 0 Å². The number of sulfonamides is 1. The molecular weight excluding hydrogens is 476 g/mol. The first-order valence-electron chi connectivity index (χ1n) is 10.1. The van der Waals surface area contributed by atoms with Crippen LogP contribution in [0.15, 0.2) is 101 Å². The maximum Gasteiger partial charge on any atom is 0.280 e. The quantitative estimate of drug-likeness (QED) is 0.437. The summed E-state index contributed by atoms with van der Waals surface area (Å²) in [4.78, 5) is 25.0. The number of rotatable bonds is 6.